The zero-order valence-corrected chi connectivity index (χ0v) is 34.2. The minimum absolute atomic E-state index is 0.0484. The van der Waals surface area contributed by atoms with E-state index in [2.05, 4.69) is 21.3 Å². The Balaban J connectivity index is 1.35. The van der Waals surface area contributed by atoms with Gasteiger partial charge < -0.3 is 45.8 Å². The number of halogens is 2. The summed E-state index contributed by atoms with van der Waals surface area (Å²) in [6.45, 7) is 6.73. The van der Waals surface area contributed by atoms with Gasteiger partial charge in [0.2, 0.25) is 29.5 Å². The third-order valence-electron chi connectivity index (χ3n) is 11.4. The van der Waals surface area contributed by atoms with E-state index in [4.69, 9.17) is 16.3 Å². The molecule has 0 spiro atoms. The fraction of sp³-hybridized carbons (Fsp3) is 0.537. The summed E-state index contributed by atoms with van der Waals surface area (Å²) in [4.78, 5) is 102. The van der Waals surface area contributed by atoms with Crippen LogP contribution in [0.2, 0.25) is 5.02 Å². The van der Waals surface area contributed by atoms with Crippen LogP contribution in [0.15, 0.2) is 42.5 Å². The predicted molar refractivity (Wildman–Crippen MR) is 212 cm³/mol. The number of hydrogen-bond donors (Lipinski definition) is 5. The van der Waals surface area contributed by atoms with Crippen molar-refractivity contribution in [3.63, 3.8) is 0 Å². The van der Waals surface area contributed by atoms with Crippen LogP contribution >= 0.6 is 11.6 Å². The molecular formula is C41H51ClFN7O9. The second-order valence-electron chi connectivity index (χ2n) is 16.1. The number of cyclic esters (lactones) is 1. The Morgan fingerprint density at radius 2 is 1.68 bits per heavy atom. The molecule has 0 saturated carbocycles. The number of piperidine rings is 1. The van der Waals surface area contributed by atoms with E-state index in [0.717, 1.165) is 16.5 Å². The highest BCUT2D eigenvalue weighted by molar-refractivity contribution is 6.30. The second kappa shape index (κ2) is 18.3. The minimum atomic E-state index is -1.66. The third-order valence-corrected chi connectivity index (χ3v) is 11.7. The molecule has 4 saturated heterocycles. The lowest BCUT2D eigenvalue weighted by Gasteiger charge is -2.39. The van der Waals surface area contributed by atoms with Crippen LogP contribution in [0, 0.1) is 18.7 Å². The molecule has 4 fully saturated rings. The van der Waals surface area contributed by atoms with E-state index >= 15 is 0 Å². The van der Waals surface area contributed by atoms with E-state index in [1.165, 1.54) is 35.8 Å². The minimum Gasteiger partial charge on any atom is -0.458 e. The van der Waals surface area contributed by atoms with Crippen molar-refractivity contribution in [2.75, 3.05) is 25.0 Å². The molecule has 0 aliphatic carbocycles. The molecule has 2 aromatic rings. The van der Waals surface area contributed by atoms with Crippen LogP contribution in [0.3, 0.4) is 0 Å². The first-order valence-electron chi connectivity index (χ1n) is 20.0. The van der Waals surface area contributed by atoms with Gasteiger partial charge in [0.25, 0.3) is 0 Å². The number of nitrogens with one attached hydrogen (secondary N) is 4. The lowest BCUT2D eigenvalue weighted by molar-refractivity contribution is -0.163. The molecule has 0 aromatic heterocycles. The molecular weight excluding hydrogens is 789 g/mol. The van der Waals surface area contributed by atoms with E-state index in [-0.39, 0.29) is 55.5 Å². The Bertz CT molecular complexity index is 1990. The number of benzene rings is 2. The monoisotopic (exact) mass is 839 g/mol. The summed E-state index contributed by atoms with van der Waals surface area (Å²) in [5.74, 6) is -5.11. The summed E-state index contributed by atoms with van der Waals surface area (Å²) < 4.78 is 20.1. The maximum absolute atomic E-state index is 14.8. The van der Waals surface area contributed by atoms with Crippen LogP contribution in [-0.2, 0) is 39.9 Å². The number of rotatable bonds is 6. The third kappa shape index (κ3) is 9.95. The van der Waals surface area contributed by atoms with Gasteiger partial charge in [0.05, 0.1) is 11.1 Å². The van der Waals surface area contributed by atoms with Crippen molar-refractivity contribution in [3.05, 3.63) is 64.4 Å². The molecule has 6 rings (SSSR count). The Kier molecular flexibility index (Phi) is 13.4. The van der Waals surface area contributed by atoms with Crippen molar-refractivity contribution in [1.29, 1.82) is 0 Å². The van der Waals surface area contributed by atoms with Gasteiger partial charge in [0, 0.05) is 38.2 Å². The highest BCUT2D eigenvalue weighted by Gasteiger charge is 2.49. The predicted octanol–water partition coefficient (Wildman–Crippen LogP) is 2.04. The normalized spacial score (nSPS) is 28.5. The Labute approximate surface area is 346 Å². The largest absolute Gasteiger partial charge is 0.458 e. The lowest BCUT2D eigenvalue weighted by Crippen LogP contribution is -2.63. The van der Waals surface area contributed by atoms with Gasteiger partial charge in [-0.25, -0.2) is 14.0 Å². The molecule has 4 aliphatic heterocycles. The molecule has 4 heterocycles. The van der Waals surface area contributed by atoms with E-state index in [0.29, 0.717) is 24.8 Å². The van der Waals surface area contributed by atoms with Crippen molar-refractivity contribution in [2.45, 2.75) is 115 Å². The fourth-order valence-electron chi connectivity index (χ4n) is 8.41. The van der Waals surface area contributed by atoms with Gasteiger partial charge in [-0.15, -0.1) is 0 Å². The van der Waals surface area contributed by atoms with E-state index in [1.54, 1.807) is 12.1 Å². The Hall–Kier alpha value is -5.29. The molecule has 59 heavy (non-hydrogen) atoms. The van der Waals surface area contributed by atoms with Gasteiger partial charge in [-0.2, -0.15) is 0 Å². The lowest BCUT2D eigenvalue weighted by atomic mass is 9.98. The van der Waals surface area contributed by atoms with E-state index in [1.807, 2.05) is 26.0 Å². The molecule has 18 heteroatoms. The summed E-state index contributed by atoms with van der Waals surface area (Å²) in [5, 5.41) is 21.2. The summed E-state index contributed by atoms with van der Waals surface area (Å²) in [6, 6.07) is 2.61. The number of amides is 7. The molecule has 0 radical (unpaired) electrons. The zero-order chi connectivity index (χ0) is 42.7. The Morgan fingerprint density at radius 3 is 2.41 bits per heavy atom. The number of ether oxygens (including phenoxy) is 1. The molecule has 0 bridgehead atoms. The van der Waals surface area contributed by atoms with E-state index in [9.17, 15) is 43.1 Å². The summed E-state index contributed by atoms with van der Waals surface area (Å²) in [5.41, 5.74) is 1.57. The molecule has 318 valence electrons. The fourth-order valence-corrected chi connectivity index (χ4v) is 8.53. The number of anilines is 1. The molecule has 9 atom stereocenters. The van der Waals surface area contributed by atoms with Crippen LogP contribution in [0.25, 0.3) is 0 Å². The first kappa shape index (κ1) is 43.3. The van der Waals surface area contributed by atoms with E-state index < -0.39 is 95.8 Å². The number of esters is 1. The van der Waals surface area contributed by atoms with Crippen LogP contribution in [0.5, 0.6) is 0 Å². The van der Waals surface area contributed by atoms with Crippen LogP contribution in [0.4, 0.5) is 14.9 Å². The second-order valence-corrected chi connectivity index (χ2v) is 16.5. The number of aryl methyl sites for hydroxylation is 1. The van der Waals surface area contributed by atoms with Gasteiger partial charge in [0.15, 0.2) is 0 Å². The molecule has 4 aliphatic rings. The van der Waals surface area contributed by atoms with Crippen LogP contribution in [-0.4, -0.2) is 129 Å². The number of fused-ring (bicyclic) bond motifs is 3. The van der Waals surface area contributed by atoms with Crippen molar-refractivity contribution >= 4 is 58.8 Å². The smallest absolute Gasteiger partial charge is 0.329 e. The van der Waals surface area contributed by atoms with Crippen molar-refractivity contribution in [2.24, 2.45) is 5.92 Å². The number of nitrogens with zero attached hydrogens (tertiary/aromatic N) is 3. The maximum atomic E-state index is 14.8. The quantitative estimate of drug-likeness (QED) is 0.270. The number of hydrogen-bond acceptors (Lipinski definition) is 9. The van der Waals surface area contributed by atoms with Crippen molar-refractivity contribution < 1.29 is 47.8 Å². The molecule has 0 unspecified atom stereocenters. The van der Waals surface area contributed by atoms with Crippen molar-refractivity contribution in [3.8, 4) is 0 Å². The number of urea groups is 1. The standard InChI is InChI=1S/C41H51ClFN7O9/c1-21-8-7-9-25(14-21)16-30(46-41(58)45-26-11-12-28(42)29(43)17-26)35(52)47-34-24(4)59-40(57)33-15-22(2)19-49(33)37(54)23(3)44-36(53)31-10-5-6-13-48(31)38(55)32-18-27(51)20-50(32)39(34)56/h7-9,11-12,14,17,22-24,27,30-34,51H,5-6,10,13,15-16,18-20H2,1-4H3,(H,44,53)(H,47,52)(H2,45,46,58)/t22-,23-,24-,27+,30-,31-,32-,33-,34-/m0/s1. The summed E-state index contributed by atoms with van der Waals surface area (Å²) >= 11 is 5.80. The topological polar surface area (TPSA) is 207 Å². The van der Waals surface area contributed by atoms with Crippen molar-refractivity contribution in [1.82, 2.24) is 30.7 Å². The highest BCUT2D eigenvalue weighted by Crippen LogP contribution is 2.29. The van der Waals surface area contributed by atoms with Crippen LogP contribution in [0.1, 0.15) is 64.0 Å². The average molecular weight is 840 g/mol. The molecule has 7 amide bonds. The molecule has 16 nitrogen and oxygen atoms in total. The molecule has 5 N–H and O–H groups in total. The van der Waals surface area contributed by atoms with Gasteiger partial charge in [-0.05, 0) is 76.1 Å². The molecule has 2 aromatic carbocycles. The summed E-state index contributed by atoms with van der Waals surface area (Å²) in [7, 11) is 0. The van der Waals surface area contributed by atoms with Gasteiger partial charge in [-0.3, -0.25) is 24.0 Å². The van der Waals surface area contributed by atoms with Gasteiger partial charge in [-0.1, -0.05) is 48.4 Å². The highest BCUT2D eigenvalue weighted by atomic mass is 35.5. The number of aliphatic hydroxyl groups excluding tert-OH is 1. The summed E-state index contributed by atoms with van der Waals surface area (Å²) in [6.07, 6.45) is -0.980. The Morgan fingerprint density at radius 1 is 0.932 bits per heavy atom. The number of aliphatic hydroxyl groups is 1. The first-order chi connectivity index (χ1) is 28.0. The van der Waals surface area contributed by atoms with Crippen LogP contribution < -0.4 is 21.3 Å². The van der Waals surface area contributed by atoms with Gasteiger partial charge >= 0.3 is 12.0 Å². The number of carbonyl (C=O) groups is 7. The SMILES string of the molecule is Cc1cccc(C[C@H](NC(=O)Nc2ccc(Cl)c(F)c2)C(=O)N[C@@H]2C(=O)N3C[C@H](O)C[C@H]3C(=O)N3CCCC[C@H]3C(=O)N[C@@H](C)C(=O)N3C[C@@H](C)C[C@H]3C(=O)O[C@H]2C)c1. The number of carbonyl (C=O) groups excluding carboxylic acids is 7. The van der Waals surface area contributed by atoms with Gasteiger partial charge in [0.1, 0.15) is 48.2 Å². The maximum Gasteiger partial charge on any atom is 0.329 e. The average Bonchev–Trinajstić information content (AvgIpc) is 3.79. The first-order valence-corrected chi connectivity index (χ1v) is 20.4. The zero-order valence-electron chi connectivity index (χ0n) is 33.4.